The fourth-order valence-corrected chi connectivity index (χ4v) is 1.52. The summed E-state index contributed by atoms with van der Waals surface area (Å²) in [4.78, 5) is 15.1. The quantitative estimate of drug-likeness (QED) is 0.752. The molecule has 0 spiro atoms. The molecule has 1 aromatic heterocycles. The molecule has 0 radical (unpaired) electrons. The fourth-order valence-electron chi connectivity index (χ4n) is 1.10. The van der Waals surface area contributed by atoms with Crippen molar-refractivity contribution in [1.29, 1.82) is 0 Å². The van der Waals surface area contributed by atoms with Crippen molar-refractivity contribution in [2.75, 3.05) is 5.32 Å². The highest BCUT2D eigenvalue weighted by atomic mass is 79.9. The Kier molecular flexibility index (Phi) is 1.95. The van der Waals surface area contributed by atoms with Gasteiger partial charge in [0, 0.05) is 6.20 Å². The standard InChI is InChI=1S/C8H7BrN2O2/c1-4-8(12)11-6-3-10-2-5(9)7(6)13-4/h2-4H,1H3,(H,11,12). The molecule has 68 valence electrons. The van der Waals surface area contributed by atoms with Crippen LogP contribution in [0.4, 0.5) is 5.69 Å². The van der Waals surface area contributed by atoms with Gasteiger partial charge in [-0.3, -0.25) is 9.78 Å². The lowest BCUT2D eigenvalue weighted by molar-refractivity contribution is -0.122. The number of amides is 1. The van der Waals surface area contributed by atoms with Crippen LogP contribution in [0.2, 0.25) is 0 Å². The van der Waals surface area contributed by atoms with Gasteiger partial charge in [0.2, 0.25) is 0 Å². The molecule has 1 aromatic rings. The molecule has 5 heteroatoms. The van der Waals surface area contributed by atoms with Crippen LogP contribution in [-0.4, -0.2) is 17.0 Å². The second-order valence-electron chi connectivity index (χ2n) is 2.75. The summed E-state index contributed by atoms with van der Waals surface area (Å²) in [5.41, 5.74) is 0.609. The number of carbonyl (C=O) groups is 1. The first-order valence-corrected chi connectivity index (χ1v) is 4.59. The molecular weight excluding hydrogens is 236 g/mol. The molecule has 1 aliphatic rings. The number of hydrogen-bond donors (Lipinski definition) is 1. The van der Waals surface area contributed by atoms with E-state index in [1.807, 2.05) is 0 Å². The minimum atomic E-state index is -0.453. The molecule has 0 saturated carbocycles. The van der Waals surface area contributed by atoms with Gasteiger partial charge in [0.15, 0.2) is 11.9 Å². The first kappa shape index (κ1) is 8.50. The van der Waals surface area contributed by atoms with Gasteiger partial charge < -0.3 is 10.1 Å². The number of carbonyl (C=O) groups excluding carboxylic acids is 1. The lowest BCUT2D eigenvalue weighted by Gasteiger charge is -2.23. The van der Waals surface area contributed by atoms with Crippen molar-refractivity contribution < 1.29 is 9.53 Å². The molecule has 2 heterocycles. The van der Waals surface area contributed by atoms with Crippen LogP contribution in [0.5, 0.6) is 5.75 Å². The van der Waals surface area contributed by atoms with E-state index in [4.69, 9.17) is 4.74 Å². The maximum atomic E-state index is 11.2. The van der Waals surface area contributed by atoms with E-state index < -0.39 is 6.10 Å². The molecule has 0 fully saturated rings. The average molecular weight is 243 g/mol. The van der Waals surface area contributed by atoms with Crippen LogP contribution >= 0.6 is 15.9 Å². The SMILES string of the molecule is CC1Oc2c(Br)cncc2NC1=O. The molecule has 1 unspecified atom stereocenters. The Bertz CT molecular complexity index is 367. The number of halogens is 1. The third-order valence-corrected chi connectivity index (χ3v) is 2.34. The molecule has 0 saturated heterocycles. The van der Waals surface area contributed by atoms with E-state index in [0.717, 1.165) is 4.47 Å². The smallest absolute Gasteiger partial charge is 0.265 e. The van der Waals surface area contributed by atoms with E-state index in [0.29, 0.717) is 11.4 Å². The average Bonchev–Trinajstić information content (AvgIpc) is 2.09. The van der Waals surface area contributed by atoms with E-state index >= 15 is 0 Å². The van der Waals surface area contributed by atoms with Gasteiger partial charge in [-0.05, 0) is 22.9 Å². The molecule has 1 atom stereocenters. The van der Waals surface area contributed by atoms with Crippen molar-refractivity contribution in [2.45, 2.75) is 13.0 Å². The van der Waals surface area contributed by atoms with Crippen LogP contribution in [0, 0.1) is 0 Å². The molecule has 0 aliphatic carbocycles. The number of anilines is 1. The monoisotopic (exact) mass is 242 g/mol. The Hall–Kier alpha value is -1.10. The summed E-state index contributed by atoms with van der Waals surface area (Å²) in [5.74, 6) is 0.495. The van der Waals surface area contributed by atoms with Crippen LogP contribution in [0.3, 0.4) is 0 Å². The number of pyridine rings is 1. The summed E-state index contributed by atoms with van der Waals surface area (Å²) in [6.45, 7) is 1.70. The van der Waals surface area contributed by atoms with Crippen LogP contribution in [0.1, 0.15) is 6.92 Å². The lowest BCUT2D eigenvalue weighted by Crippen LogP contribution is -2.34. The summed E-state index contributed by atoms with van der Waals surface area (Å²) in [7, 11) is 0. The van der Waals surface area contributed by atoms with E-state index in [2.05, 4.69) is 26.2 Å². The minimum absolute atomic E-state index is 0.146. The maximum absolute atomic E-state index is 11.2. The highest BCUT2D eigenvalue weighted by Crippen LogP contribution is 2.35. The largest absolute Gasteiger partial charge is 0.477 e. The van der Waals surface area contributed by atoms with Gasteiger partial charge in [0.05, 0.1) is 10.7 Å². The highest BCUT2D eigenvalue weighted by molar-refractivity contribution is 9.10. The summed E-state index contributed by atoms with van der Waals surface area (Å²) in [6, 6.07) is 0. The topological polar surface area (TPSA) is 51.2 Å². The Labute approximate surface area is 83.4 Å². The predicted octanol–water partition coefficient (Wildman–Crippen LogP) is 1.56. The van der Waals surface area contributed by atoms with Gasteiger partial charge >= 0.3 is 0 Å². The van der Waals surface area contributed by atoms with Crippen LogP contribution in [-0.2, 0) is 4.79 Å². The van der Waals surface area contributed by atoms with Crippen molar-refractivity contribution in [3.05, 3.63) is 16.9 Å². The Morgan fingerprint density at radius 3 is 3.15 bits per heavy atom. The van der Waals surface area contributed by atoms with Crippen molar-refractivity contribution in [3.8, 4) is 5.75 Å². The second-order valence-corrected chi connectivity index (χ2v) is 3.60. The number of hydrogen-bond acceptors (Lipinski definition) is 3. The Morgan fingerprint density at radius 1 is 1.62 bits per heavy atom. The van der Waals surface area contributed by atoms with E-state index in [-0.39, 0.29) is 5.91 Å². The Balaban J connectivity index is 2.48. The van der Waals surface area contributed by atoms with Gasteiger partial charge in [0.25, 0.3) is 5.91 Å². The molecular formula is C8H7BrN2O2. The van der Waals surface area contributed by atoms with Gasteiger partial charge in [0.1, 0.15) is 5.69 Å². The number of nitrogens with zero attached hydrogens (tertiary/aromatic N) is 1. The zero-order valence-electron chi connectivity index (χ0n) is 6.87. The van der Waals surface area contributed by atoms with Crippen molar-refractivity contribution in [3.63, 3.8) is 0 Å². The van der Waals surface area contributed by atoms with Crippen molar-refractivity contribution in [1.82, 2.24) is 4.98 Å². The van der Waals surface area contributed by atoms with E-state index in [9.17, 15) is 4.79 Å². The number of nitrogens with one attached hydrogen (secondary N) is 1. The first-order chi connectivity index (χ1) is 6.18. The summed E-state index contributed by atoms with van der Waals surface area (Å²) in [5, 5.41) is 2.69. The third kappa shape index (κ3) is 1.39. The third-order valence-electron chi connectivity index (χ3n) is 1.77. The van der Waals surface area contributed by atoms with Crippen molar-refractivity contribution in [2.24, 2.45) is 0 Å². The fraction of sp³-hybridized carbons (Fsp3) is 0.250. The predicted molar refractivity (Wildman–Crippen MR) is 50.7 cm³/mol. The van der Waals surface area contributed by atoms with Gasteiger partial charge in [-0.1, -0.05) is 0 Å². The molecule has 13 heavy (non-hydrogen) atoms. The molecule has 1 N–H and O–H groups in total. The van der Waals surface area contributed by atoms with Gasteiger partial charge in [-0.25, -0.2) is 0 Å². The van der Waals surface area contributed by atoms with Crippen LogP contribution in [0.25, 0.3) is 0 Å². The summed E-state index contributed by atoms with van der Waals surface area (Å²) in [6.07, 6.45) is 2.73. The van der Waals surface area contributed by atoms with Gasteiger partial charge in [-0.2, -0.15) is 0 Å². The zero-order valence-corrected chi connectivity index (χ0v) is 8.46. The summed E-state index contributed by atoms with van der Waals surface area (Å²) < 4.78 is 6.12. The number of fused-ring (bicyclic) bond motifs is 1. The zero-order chi connectivity index (χ0) is 9.42. The Morgan fingerprint density at radius 2 is 2.38 bits per heavy atom. The maximum Gasteiger partial charge on any atom is 0.265 e. The highest BCUT2D eigenvalue weighted by Gasteiger charge is 2.25. The molecule has 0 bridgehead atoms. The summed E-state index contributed by atoms with van der Waals surface area (Å²) >= 11 is 3.29. The molecule has 1 aliphatic heterocycles. The lowest BCUT2D eigenvalue weighted by atomic mass is 10.2. The van der Waals surface area contributed by atoms with Crippen LogP contribution in [0.15, 0.2) is 16.9 Å². The number of aromatic nitrogens is 1. The first-order valence-electron chi connectivity index (χ1n) is 3.79. The van der Waals surface area contributed by atoms with E-state index in [1.165, 1.54) is 0 Å². The van der Waals surface area contributed by atoms with E-state index in [1.54, 1.807) is 19.3 Å². The molecule has 2 rings (SSSR count). The second kappa shape index (κ2) is 2.99. The normalized spacial score (nSPS) is 20.2. The minimum Gasteiger partial charge on any atom is -0.477 e. The molecule has 0 aromatic carbocycles. The van der Waals surface area contributed by atoms with Gasteiger partial charge in [-0.15, -0.1) is 0 Å². The number of ether oxygens (including phenoxy) is 1. The molecule has 1 amide bonds. The van der Waals surface area contributed by atoms with Crippen molar-refractivity contribution >= 4 is 27.5 Å². The molecule has 4 nitrogen and oxygen atoms in total. The van der Waals surface area contributed by atoms with Crippen LogP contribution < -0.4 is 10.1 Å². The number of rotatable bonds is 0.